The zero-order valence-corrected chi connectivity index (χ0v) is 12.6. The first kappa shape index (κ1) is 15.3. The molecule has 2 rings (SSSR count). The first-order valence-corrected chi connectivity index (χ1v) is 7.36. The Kier molecular flexibility index (Phi) is 4.07. The maximum atomic E-state index is 14.3. The molecule has 2 fully saturated rings. The zero-order valence-electron chi connectivity index (χ0n) is 12.6. The van der Waals surface area contributed by atoms with Crippen LogP contribution in [-0.2, 0) is 9.53 Å². The van der Waals surface area contributed by atoms with Gasteiger partial charge in [-0.25, -0.2) is 9.18 Å². The van der Waals surface area contributed by atoms with Gasteiger partial charge in [-0.2, -0.15) is 0 Å². The van der Waals surface area contributed by atoms with Gasteiger partial charge in [-0.05, 0) is 45.4 Å². The van der Waals surface area contributed by atoms with Gasteiger partial charge in [0.2, 0.25) is 0 Å². The summed E-state index contributed by atoms with van der Waals surface area (Å²) >= 11 is 0. The van der Waals surface area contributed by atoms with Crippen LogP contribution < -0.4 is 0 Å². The summed E-state index contributed by atoms with van der Waals surface area (Å²) in [7, 11) is 0. The Morgan fingerprint density at radius 2 is 1.90 bits per heavy atom. The van der Waals surface area contributed by atoms with Crippen molar-refractivity contribution in [1.29, 1.82) is 0 Å². The third-order valence-corrected chi connectivity index (χ3v) is 4.32. The first-order valence-electron chi connectivity index (χ1n) is 7.36. The Morgan fingerprint density at radius 1 is 1.30 bits per heavy atom. The lowest BCUT2D eigenvalue weighted by Gasteiger charge is -2.45. The summed E-state index contributed by atoms with van der Waals surface area (Å²) in [5, 5.41) is 0. The van der Waals surface area contributed by atoms with Gasteiger partial charge in [-0.3, -0.25) is 9.69 Å². The fraction of sp³-hybridized carbons (Fsp3) is 0.867. The number of likely N-dealkylation sites (tertiary alicyclic amines) is 1. The van der Waals surface area contributed by atoms with Crippen LogP contribution in [0.25, 0.3) is 0 Å². The van der Waals surface area contributed by atoms with Gasteiger partial charge in [0.25, 0.3) is 0 Å². The van der Waals surface area contributed by atoms with E-state index in [0.717, 1.165) is 19.3 Å². The number of amides is 1. The van der Waals surface area contributed by atoms with E-state index in [1.807, 2.05) is 0 Å². The average molecular weight is 285 g/mol. The van der Waals surface area contributed by atoms with Gasteiger partial charge in [-0.15, -0.1) is 0 Å². The quantitative estimate of drug-likeness (QED) is 0.640. The molecule has 0 aromatic carbocycles. The van der Waals surface area contributed by atoms with Crippen LogP contribution in [0.4, 0.5) is 9.18 Å². The molecule has 5 heteroatoms. The van der Waals surface area contributed by atoms with E-state index < -0.39 is 18.0 Å². The summed E-state index contributed by atoms with van der Waals surface area (Å²) in [6.07, 6.45) is 1.85. The van der Waals surface area contributed by atoms with E-state index in [1.54, 1.807) is 20.8 Å². The van der Waals surface area contributed by atoms with Gasteiger partial charge in [0.1, 0.15) is 11.4 Å². The molecule has 20 heavy (non-hydrogen) atoms. The Morgan fingerprint density at radius 3 is 2.40 bits per heavy atom. The molecular formula is C15H24FNO3. The maximum absolute atomic E-state index is 14.3. The fourth-order valence-electron chi connectivity index (χ4n) is 3.11. The van der Waals surface area contributed by atoms with Gasteiger partial charge in [0.15, 0.2) is 6.30 Å². The predicted octanol–water partition coefficient (Wildman–Crippen LogP) is 3.44. The summed E-state index contributed by atoms with van der Waals surface area (Å²) in [5.41, 5.74) is -0.699. The van der Waals surface area contributed by atoms with Crippen molar-refractivity contribution < 1.29 is 18.7 Å². The third-order valence-electron chi connectivity index (χ3n) is 4.32. The smallest absolute Gasteiger partial charge is 0.412 e. The number of carbonyl (C=O) groups is 2. The van der Waals surface area contributed by atoms with Crippen LogP contribution in [0.3, 0.4) is 0 Å². The third kappa shape index (κ3) is 3.49. The minimum atomic E-state index is -1.30. The normalized spacial score (nSPS) is 26.7. The van der Waals surface area contributed by atoms with Crippen LogP contribution in [0, 0.1) is 5.41 Å². The molecule has 1 unspecified atom stereocenters. The monoisotopic (exact) mass is 285 g/mol. The van der Waals surface area contributed by atoms with Crippen molar-refractivity contribution in [2.24, 2.45) is 5.41 Å². The molecule has 1 heterocycles. The van der Waals surface area contributed by atoms with Crippen molar-refractivity contribution in [3.8, 4) is 0 Å². The molecule has 1 aliphatic carbocycles. The zero-order chi connectivity index (χ0) is 15.0. The molecule has 1 atom stereocenters. The van der Waals surface area contributed by atoms with Gasteiger partial charge in [-0.1, -0.05) is 0 Å². The lowest BCUT2D eigenvalue weighted by molar-refractivity contribution is -0.124. The Labute approximate surface area is 119 Å². The van der Waals surface area contributed by atoms with Crippen LogP contribution in [0.5, 0.6) is 0 Å². The maximum Gasteiger partial charge on any atom is 0.412 e. The standard InChI is InChI=1S/C15H24FNO3/c1-14(2,3)20-13(19)17-9-8-15(10-12(17)16)6-4-11(18)5-7-15/h12H,4-10H2,1-3H3. The molecule has 1 saturated carbocycles. The second-order valence-electron chi connectivity index (χ2n) is 7.10. The highest BCUT2D eigenvalue weighted by atomic mass is 19.1. The number of carbonyl (C=O) groups excluding carboxylic acids is 2. The molecule has 2 aliphatic rings. The first-order chi connectivity index (χ1) is 9.21. The lowest BCUT2D eigenvalue weighted by atomic mass is 9.67. The van der Waals surface area contributed by atoms with Crippen molar-refractivity contribution >= 4 is 11.9 Å². The summed E-state index contributed by atoms with van der Waals surface area (Å²) < 4.78 is 19.6. The number of ketones is 1. The molecule has 1 amide bonds. The number of hydrogen-bond donors (Lipinski definition) is 0. The van der Waals surface area contributed by atoms with Crippen LogP contribution in [0.15, 0.2) is 0 Å². The van der Waals surface area contributed by atoms with Crippen molar-refractivity contribution in [1.82, 2.24) is 4.90 Å². The highest BCUT2D eigenvalue weighted by Gasteiger charge is 2.44. The molecule has 1 spiro atoms. The number of halogens is 1. The number of nitrogens with zero attached hydrogens (tertiary/aromatic N) is 1. The minimum Gasteiger partial charge on any atom is -0.444 e. The van der Waals surface area contributed by atoms with Crippen LogP contribution in [0.1, 0.15) is 59.3 Å². The number of Topliss-reactive ketones (excluding diaryl/α,β-unsaturated/α-hetero) is 1. The van der Waals surface area contributed by atoms with E-state index in [0.29, 0.717) is 25.8 Å². The van der Waals surface area contributed by atoms with E-state index in [2.05, 4.69) is 0 Å². The molecule has 4 nitrogen and oxygen atoms in total. The predicted molar refractivity (Wildman–Crippen MR) is 73.0 cm³/mol. The van der Waals surface area contributed by atoms with Gasteiger partial charge in [0, 0.05) is 25.8 Å². The van der Waals surface area contributed by atoms with E-state index >= 15 is 0 Å². The molecule has 0 radical (unpaired) electrons. The minimum absolute atomic E-state index is 0.0914. The SMILES string of the molecule is CC(C)(C)OC(=O)N1CCC2(CCC(=O)CC2)CC1F. The summed E-state index contributed by atoms with van der Waals surface area (Å²) in [6.45, 7) is 5.70. The molecule has 0 bridgehead atoms. The molecule has 0 aromatic rings. The Hall–Kier alpha value is -1.13. The number of hydrogen-bond acceptors (Lipinski definition) is 3. The van der Waals surface area contributed by atoms with E-state index in [4.69, 9.17) is 4.74 Å². The number of alkyl halides is 1. The number of rotatable bonds is 0. The second kappa shape index (κ2) is 5.34. The highest BCUT2D eigenvalue weighted by molar-refractivity contribution is 5.79. The molecular weight excluding hydrogens is 261 g/mol. The highest BCUT2D eigenvalue weighted by Crippen LogP contribution is 2.46. The molecule has 0 aromatic heterocycles. The van der Waals surface area contributed by atoms with Crippen molar-refractivity contribution in [3.63, 3.8) is 0 Å². The average Bonchev–Trinajstić information content (AvgIpc) is 2.31. The number of piperidine rings is 1. The van der Waals surface area contributed by atoms with E-state index in [-0.39, 0.29) is 11.2 Å². The molecule has 1 aliphatic heterocycles. The summed E-state index contributed by atoms with van der Waals surface area (Å²) in [6, 6.07) is 0. The lowest BCUT2D eigenvalue weighted by Crippen LogP contribution is -2.50. The van der Waals surface area contributed by atoms with Crippen molar-refractivity contribution in [2.75, 3.05) is 6.54 Å². The largest absolute Gasteiger partial charge is 0.444 e. The Bertz CT molecular complexity index is 392. The molecule has 114 valence electrons. The topological polar surface area (TPSA) is 46.6 Å². The van der Waals surface area contributed by atoms with Crippen molar-refractivity contribution in [3.05, 3.63) is 0 Å². The van der Waals surface area contributed by atoms with Crippen LogP contribution in [-0.4, -0.2) is 35.2 Å². The van der Waals surface area contributed by atoms with Crippen LogP contribution >= 0.6 is 0 Å². The van der Waals surface area contributed by atoms with Crippen LogP contribution in [0.2, 0.25) is 0 Å². The molecule has 0 N–H and O–H groups in total. The van der Waals surface area contributed by atoms with E-state index in [9.17, 15) is 14.0 Å². The van der Waals surface area contributed by atoms with Gasteiger partial charge >= 0.3 is 6.09 Å². The van der Waals surface area contributed by atoms with Gasteiger partial charge in [0.05, 0.1) is 0 Å². The Balaban J connectivity index is 1.95. The van der Waals surface area contributed by atoms with E-state index in [1.165, 1.54) is 4.90 Å². The fourth-order valence-corrected chi connectivity index (χ4v) is 3.11. The number of ether oxygens (including phenoxy) is 1. The van der Waals surface area contributed by atoms with Gasteiger partial charge < -0.3 is 4.74 Å². The summed E-state index contributed by atoms with van der Waals surface area (Å²) in [4.78, 5) is 24.5. The molecule has 1 saturated heterocycles. The van der Waals surface area contributed by atoms with Crippen molar-refractivity contribution in [2.45, 2.75) is 71.2 Å². The summed E-state index contributed by atoms with van der Waals surface area (Å²) in [5.74, 6) is 0.278. The second-order valence-corrected chi connectivity index (χ2v) is 7.10.